The van der Waals surface area contributed by atoms with Gasteiger partial charge in [-0.15, -0.1) is 45.3 Å². The second-order valence-corrected chi connectivity index (χ2v) is 13.7. The van der Waals surface area contributed by atoms with Gasteiger partial charge in [-0.25, -0.2) is 0 Å². The molecule has 8 heteroatoms. The van der Waals surface area contributed by atoms with Gasteiger partial charge in [-0.3, -0.25) is 9.59 Å². The number of nitrogens with zero attached hydrogens (tertiary/aromatic N) is 2. The molecule has 6 aromatic rings. The van der Waals surface area contributed by atoms with E-state index in [1.807, 2.05) is 0 Å². The van der Waals surface area contributed by atoms with Crippen LogP contribution in [-0.4, -0.2) is 25.9 Å². The first-order valence-electron chi connectivity index (χ1n) is 12.0. The summed E-state index contributed by atoms with van der Waals surface area (Å²) in [5, 5.41) is 2.43. The van der Waals surface area contributed by atoms with Crippen molar-refractivity contribution in [2.24, 2.45) is 0 Å². The lowest BCUT2D eigenvalue weighted by molar-refractivity contribution is -0.114. The second kappa shape index (κ2) is 7.97. The summed E-state index contributed by atoms with van der Waals surface area (Å²) in [7, 11) is 3.61. The van der Waals surface area contributed by atoms with Gasteiger partial charge >= 0.3 is 0 Å². The smallest absolute Gasteiger partial charge is 0.260 e. The minimum atomic E-state index is -0.115. The number of rotatable bonds is 2. The molecular formula is C30H18N2O2S4. The Morgan fingerprint density at radius 1 is 0.526 bits per heavy atom. The van der Waals surface area contributed by atoms with Gasteiger partial charge in [0.1, 0.15) is 0 Å². The van der Waals surface area contributed by atoms with Crippen LogP contribution in [0, 0.1) is 0 Å². The van der Waals surface area contributed by atoms with Gasteiger partial charge in [-0.2, -0.15) is 0 Å². The number of amides is 2. The highest BCUT2D eigenvalue weighted by molar-refractivity contribution is 7.27. The molecule has 0 unspecified atom stereocenters. The quantitative estimate of drug-likeness (QED) is 0.197. The maximum Gasteiger partial charge on any atom is 0.260 e. The van der Waals surface area contributed by atoms with Gasteiger partial charge in [0.15, 0.2) is 0 Å². The Morgan fingerprint density at radius 2 is 0.921 bits per heavy atom. The number of benzene rings is 2. The van der Waals surface area contributed by atoms with E-state index in [1.54, 1.807) is 69.2 Å². The van der Waals surface area contributed by atoms with Crippen molar-refractivity contribution in [1.29, 1.82) is 0 Å². The molecule has 0 spiro atoms. The number of carbonyl (C=O) groups excluding carboxylic acids is 2. The third-order valence-corrected chi connectivity index (χ3v) is 12.1. The van der Waals surface area contributed by atoms with Crippen LogP contribution in [0.2, 0.25) is 0 Å². The SMILES string of the molecule is CN1C(=O)/C(=C2\C(=O)N(C)c3cc(-c4cc5ccccc5s4)sc32)c2sc(-c3cc4ccccc4s3)cc21. The first-order chi connectivity index (χ1) is 18.5. The predicted molar refractivity (Wildman–Crippen MR) is 164 cm³/mol. The molecule has 2 amide bonds. The van der Waals surface area contributed by atoms with Crippen LogP contribution in [0.1, 0.15) is 9.75 Å². The summed E-state index contributed by atoms with van der Waals surface area (Å²) in [5.41, 5.74) is 2.81. The second-order valence-electron chi connectivity index (χ2n) is 9.43. The lowest BCUT2D eigenvalue weighted by atomic mass is 10.1. The fraction of sp³-hybridized carbons (Fsp3) is 0.0667. The number of hydrogen-bond donors (Lipinski definition) is 0. The number of thiophene rings is 4. The largest absolute Gasteiger partial charge is 0.310 e. The van der Waals surface area contributed by atoms with E-state index in [0.29, 0.717) is 11.1 Å². The molecule has 0 aliphatic carbocycles. The fourth-order valence-electron chi connectivity index (χ4n) is 5.26. The van der Waals surface area contributed by atoms with Gasteiger partial charge in [0.2, 0.25) is 0 Å². The van der Waals surface area contributed by atoms with Gasteiger partial charge < -0.3 is 9.80 Å². The number of anilines is 2. The molecule has 6 heterocycles. The van der Waals surface area contributed by atoms with E-state index in [0.717, 1.165) is 30.9 Å². The van der Waals surface area contributed by atoms with Crippen molar-refractivity contribution in [3.8, 4) is 19.5 Å². The van der Waals surface area contributed by atoms with Crippen LogP contribution in [0.15, 0.2) is 72.8 Å². The van der Waals surface area contributed by atoms with E-state index in [2.05, 4.69) is 72.8 Å². The summed E-state index contributed by atoms with van der Waals surface area (Å²) in [6.07, 6.45) is 0. The Morgan fingerprint density at radius 3 is 1.34 bits per heavy atom. The molecule has 4 nitrogen and oxygen atoms in total. The molecule has 0 saturated heterocycles. The summed E-state index contributed by atoms with van der Waals surface area (Å²) in [5.74, 6) is -0.230. The molecule has 8 rings (SSSR count). The highest BCUT2D eigenvalue weighted by Gasteiger charge is 2.42. The Labute approximate surface area is 234 Å². The monoisotopic (exact) mass is 566 g/mol. The van der Waals surface area contributed by atoms with Crippen molar-refractivity contribution in [3.63, 3.8) is 0 Å². The average molecular weight is 567 g/mol. The summed E-state index contributed by atoms with van der Waals surface area (Å²) in [6, 6.07) is 25.3. The molecule has 2 aromatic carbocycles. The standard InChI is InChI=1S/C30H18N2O2S4/c1-31-17-13-23(21-11-15-7-3-5-9-19(15)35-21)37-27(17)25(29(31)33)26-28-18(32(2)30(26)34)14-24(38-28)22-12-16-8-4-6-10-20(16)36-22/h3-14H,1-2H3/b26-25-. The number of carbonyl (C=O) groups is 2. The van der Waals surface area contributed by atoms with E-state index >= 15 is 0 Å². The van der Waals surface area contributed by atoms with Crippen molar-refractivity contribution in [2.75, 3.05) is 23.9 Å². The van der Waals surface area contributed by atoms with E-state index in [4.69, 9.17) is 0 Å². The Balaban J connectivity index is 1.29. The number of likely N-dealkylation sites (N-methyl/N-ethyl adjacent to an activating group) is 2. The molecular weight excluding hydrogens is 549 g/mol. The first kappa shape index (κ1) is 22.4. The maximum atomic E-state index is 13.6. The summed E-state index contributed by atoms with van der Waals surface area (Å²) >= 11 is 6.71. The third-order valence-electron chi connectivity index (χ3n) is 7.23. The van der Waals surface area contributed by atoms with Crippen molar-refractivity contribution in [1.82, 2.24) is 0 Å². The summed E-state index contributed by atoms with van der Waals surface area (Å²) in [4.78, 5) is 36.9. The molecule has 2 aliphatic rings. The summed E-state index contributed by atoms with van der Waals surface area (Å²) in [6.45, 7) is 0. The molecule has 38 heavy (non-hydrogen) atoms. The number of fused-ring (bicyclic) bond motifs is 4. The predicted octanol–water partition coefficient (Wildman–Crippen LogP) is 8.44. The molecule has 4 aromatic heterocycles. The normalized spacial score (nSPS) is 16.9. The molecule has 0 fully saturated rings. The van der Waals surface area contributed by atoms with Crippen LogP contribution in [0.4, 0.5) is 11.4 Å². The zero-order valence-corrected chi connectivity index (χ0v) is 23.5. The molecule has 0 radical (unpaired) electrons. The van der Waals surface area contributed by atoms with E-state index in [-0.39, 0.29) is 11.8 Å². The van der Waals surface area contributed by atoms with Gasteiger partial charge in [0, 0.05) is 43.0 Å². The molecule has 0 bridgehead atoms. The molecule has 2 aliphatic heterocycles. The average Bonchev–Trinajstić information content (AvgIpc) is 3.75. The van der Waals surface area contributed by atoms with Crippen LogP contribution in [-0.2, 0) is 9.59 Å². The fourth-order valence-corrected chi connectivity index (χ4v) is 9.99. The van der Waals surface area contributed by atoms with Crippen LogP contribution in [0.3, 0.4) is 0 Å². The van der Waals surface area contributed by atoms with Crippen molar-refractivity contribution >= 4 is 99.9 Å². The van der Waals surface area contributed by atoms with Gasteiger partial charge in [-0.1, -0.05) is 36.4 Å². The highest BCUT2D eigenvalue weighted by Crippen LogP contribution is 2.54. The van der Waals surface area contributed by atoms with Crippen LogP contribution in [0.5, 0.6) is 0 Å². The molecule has 184 valence electrons. The van der Waals surface area contributed by atoms with Crippen molar-refractivity contribution < 1.29 is 9.59 Å². The molecule has 0 saturated carbocycles. The summed E-state index contributed by atoms with van der Waals surface area (Å²) < 4.78 is 2.48. The Hall–Kier alpha value is -3.56. The van der Waals surface area contributed by atoms with Crippen molar-refractivity contribution in [2.45, 2.75) is 0 Å². The van der Waals surface area contributed by atoms with Crippen molar-refractivity contribution in [3.05, 3.63) is 82.6 Å². The van der Waals surface area contributed by atoms with Crippen LogP contribution in [0.25, 0.3) is 50.8 Å². The van der Waals surface area contributed by atoms with E-state index < -0.39 is 0 Å². The highest BCUT2D eigenvalue weighted by atomic mass is 32.1. The molecule has 0 N–H and O–H groups in total. The zero-order valence-electron chi connectivity index (χ0n) is 20.3. The topological polar surface area (TPSA) is 40.6 Å². The minimum Gasteiger partial charge on any atom is -0.310 e. The van der Waals surface area contributed by atoms with E-state index in [1.165, 1.54) is 29.9 Å². The molecule has 0 atom stereocenters. The van der Waals surface area contributed by atoms with Gasteiger partial charge in [0.05, 0.1) is 32.3 Å². The third kappa shape index (κ3) is 3.06. The lowest BCUT2D eigenvalue weighted by Crippen LogP contribution is -2.24. The number of hydrogen-bond acceptors (Lipinski definition) is 6. The maximum absolute atomic E-state index is 13.6. The Kier molecular flexibility index (Phi) is 4.70. The van der Waals surface area contributed by atoms with Crippen LogP contribution < -0.4 is 9.80 Å². The van der Waals surface area contributed by atoms with Crippen LogP contribution >= 0.6 is 45.3 Å². The van der Waals surface area contributed by atoms with Gasteiger partial charge in [-0.05, 0) is 47.2 Å². The minimum absolute atomic E-state index is 0.115. The van der Waals surface area contributed by atoms with E-state index in [9.17, 15) is 9.59 Å². The van der Waals surface area contributed by atoms with Gasteiger partial charge in [0.25, 0.3) is 11.8 Å². The Bertz CT molecular complexity index is 1810. The first-order valence-corrected chi connectivity index (χ1v) is 15.3. The zero-order chi connectivity index (χ0) is 25.7. The lowest BCUT2D eigenvalue weighted by Gasteiger charge is -2.10.